The Balaban J connectivity index is 1.15. The van der Waals surface area contributed by atoms with Gasteiger partial charge in [-0.3, -0.25) is 30.3 Å². The van der Waals surface area contributed by atoms with Crippen LogP contribution in [-0.4, -0.2) is 44.7 Å². The molecule has 0 saturated heterocycles. The standard InChI is InChI=1S/C48H23N9O6/c58-55(59)34-16-7-28(8-17-34)1-4-31-13-22-37-40(25-31)46-49-43(37)53-47-42-27-33(6-3-30-11-20-36(21-12-30)57(62)63)15-24-39(42)45(51-47)54-48-41-26-32(14-23-38(41)44(50-48)52-46)5-2-29-9-18-35(19-10-29)56(60)61/h7-27H,(H2,49,50,51,52,53,54). The van der Waals surface area contributed by atoms with Gasteiger partial charge in [-0.25, -0.2) is 19.9 Å². The third kappa shape index (κ3) is 7.31. The van der Waals surface area contributed by atoms with Crippen LogP contribution in [0, 0.1) is 65.9 Å². The summed E-state index contributed by atoms with van der Waals surface area (Å²) in [6.07, 6.45) is 0. The van der Waals surface area contributed by atoms with Crippen molar-refractivity contribution in [2.45, 2.75) is 0 Å². The van der Waals surface area contributed by atoms with Crippen molar-refractivity contribution in [3.05, 3.63) is 191 Å². The Hall–Kier alpha value is -9.78. The molecule has 3 aromatic heterocycles. The fourth-order valence-electron chi connectivity index (χ4n) is 7.04. The van der Waals surface area contributed by atoms with Gasteiger partial charge in [0.2, 0.25) is 0 Å². The normalized spacial score (nSPS) is 10.9. The molecule has 6 bridgehead atoms. The number of nitro groups is 3. The quantitative estimate of drug-likeness (QED) is 0.0979. The Morgan fingerprint density at radius 3 is 1.13 bits per heavy atom. The van der Waals surface area contributed by atoms with Gasteiger partial charge in [-0.2, -0.15) is 0 Å². The van der Waals surface area contributed by atoms with Gasteiger partial charge >= 0.3 is 0 Å². The molecule has 63 heavy (non-hydrogen) atoms. The molecule has 0 aliphatic carbocycles. The zero-order valence-corrected chi connectivity index (χ0v) is 32.2. The molecule has 15 heteroatoms. The molecule has 15 nitrogen and oxygen atoms in total. The molecule has 10 rings (SSSR count). The number of fused-ring (bicyclic) bond motifs is 15. The first-order chi connectivity index (χ1) is 30.6. The lowest BCUT2D eigenvalue weighted by Gasteiger charge is -2.00. The Kier molecular flexibility index (Phi) is 8.99. The number of nitrogens with one attached hydrogen (secondary N) is 2. The summed E-state index contributed by atoms with van der Waals surface area (Å²) in [5, 5.41) is 36.4. The molecule has 0 spiro atoms. The monoisotopic (exact) mass is 821 g/mol. The minimum atomic E-state index is -0.460. The molecule has 6 aromatic carbocycles. The lowest BCUT2D eigenvalue weighted by atomic mass is 10.0. The minimum Gasteiger partial charge on any atom is -0.324 e. The Morgan fingerprint density at radius 2 is 0.683 bits per heavy atom. The highest BCUT2D eigenvalue weighted by Gasteiger charge is 2.21. The highest BCUT2D eigenvalue weighted by molar-refractivity contribution is 6.08. The molecule has 9 aromatic rings. The summed E-state index contributed by atoms with van der Waals surface area (Å²) in [5.74, 6) is 19.5. The number of nitrogens with zero attached hydrogens (tertiary/aromatic N) is 7. The van der Waals surface area contributed by atoms with Crippen molar-refractivity contribution in [2.75, 3.05) is 0 Å². The van der Waals surface area contributed by atoms with Crippen LogP contribution in [0.3, 0.4) is 0 Å². The van der Waals surface area contributed by atoms with Crippen LogP contribution in [0.5, 0.6) is 0 Å². The first-order valence-electron chi connectivity index (χ1n) is 19.0. The average molecular weight is 822 g/mol. The number of non-ortho nitro benzene ring substituents is 3. The van der Waals surface area contributed by atoms with Gasteiger partial charge in [0, 0.05) is 102 Å². The molecule has 1 aliphatic heterocycles. The summed E-state index contributed by atoms with van der Waals surface area (Å²) in [6.45, 7) is 0. The van der Waals surface area contributed by atoms with Crippen molar-refractivity contribution in [2.24, 2.45) is 0 Å². The SMILES string of the molecule is O=[N+]([O-])c1ccc(C#Cc2ccc3c(c2)-c2nc-3nc3[nH]c(nc4[nH]c(n2)c2ccc(C#Cc5ccc([N+](=O)[O-])cc5)cc42)c2ccc(C#Cc4ccc([N+](=O)[O-])cc4)cc32)cc1. The maximum atomic E-state index is 11.1. The van der Waals surface area contributed by atoms with E-state index >= 15 is 0 Å². The first kappa shape index (κ1) is 37.5. The number of nitro benzene ring substituents is 3. The highest BCUT2D eigenvalue weighted by atomic mass is 16.6. The van der Waals surface area contributed by atoms with Crippen LogP contribution in [0.15, 0.2) is 127 Å². The van der Waals surface area contributed by atoms with E-state index in [-0.39, 0.29) is 17.1 Å². The first-order valence-corrected chi connectivity index (χ1v) is 19.0. The summed E-state index contributed by atoms with van der Waals surface area (Å²) < 4.78 is 0. The van der Waals surface area contributed by atoms with E-state index in [9.17, 15) is 30.3 Å². The number of rotatable bonds is 3. The van der Waals surface area contributed by atoms with Gasteiger partial charge in [-0.05, 0) is 91.0 Å². The largest absolute Gasteiger partial charge is 0.324 e. The van der Waals surface area contributed by atoms with E-state index in [0.717, 1.165) is 21.5 Å². The summed E-state index contributed by atoms with van der Waals surface area (Å²) in [4.78, 5) is 59.0. The van der Waals surface area contributed by atoms with Crippen LogP contribution in [-0.2, 0) is 0 Å². The van der Waals surface area contributed by atoms with Crippen molar-refractivity contribution in [3.8, 4) is 58.3 Å². The van der Waals surface area contributed by atoms with Crippen LogP contribution in [0.1, 0.15) is 33.4 Å². The predicted molar refractivity (Wildman–Crippen MR) is 236 cm³/mol. The molecule has 0 atom stereocenters. The van der Waals surface area contributed by atoms with E-state index < -0.39 is 14.8 Å². The van der Waals surface area contributed by atoms with Gasteiger partial charge in [-0.1, -0.05) is 35.5 Å². The fourth-order valence-corrected chi connectivity index (χ4v) is 7.04. The van der Waals surface area contributed by atoms with Gasteiger partial charge in [0.15, 0.2) is 11.6 Å². The maximum absolute atomic E-state index is 11.1. The van der Waals surface area contributed by atoms with Gasteiger partial charge in [0.05, 0.1) is 14.8 Å². The zero-order chi connectivity index (χ0) is 43.2. The summed E-state index contributed by atoms with van der Waals surface area (Å²) in [5.41, 5.74) is 7.13. The molecule has 0 unspecified atom stereocenters. The van der Waals surface area contributed by atoms with Crippen molar-refractivity contribution in [1.82, 2.24) is 29.9 Å². The topological polar surface area (TPSA) is 213 Å². The van der Waals surface area contributed by atoms with E-state index in [1.165, 1.54) is 36.4 Å². The van der Waals surface area contributed by atoms with Crippen molar-refractivity contribution < 1.29 is 14.8 Å². The molecule has 296 valence electrons. The molecule has 0 fully saturated rings. The Bertz CT molecular complexity index is 3730. The van der Waals surface area contributed by atoms with Crippen molar-refractivity contribution >= 4 is 61.2 Å². The van der Waals surface area contributed by atoms with Crippen LogP contribution in [0.25, 0.3) is 66.9 Å². The molecule has 0 radical (unpaired) electrons. The highest BCUT2D eigenvalue weighted by Crippen LogP contribution is 2.36. The Morgan fingerprint density at radius 1 is 0.349 bits per heavy atom. The lowest BCUT2D eigenvalue weighted by Crippen LogP contribution is -1.87. The number of H-pyrrole nitrogens is 2. The molecule has 0 amide bonds. The molecule has 2 N–H and O–H groups in total. The molecule has 1 aliphatic rings. The van der Waals surface area contributed by atoms with Crippen molar-refractivity contribution in [1.29, 1.82) is 0 Å². The van der Waals surface area contributed by atoms with E-state index in [1.54, 1.807) is 36.4 Å². The number of aromatic nitrogens is 6. The molecular weight excluding hydrogens is 799 g/mol. The molecule has 4 heterocycles. The number of hydrogen-bond donors (Lipinski definition) is 2. The van der Waals surface area contributed by atoms with E-state index in [2.05, 4.69) is 45.5 Å². The summed E-state index contributed by atoms with van der Waals surface area (Å²) in [6, 6.07) is 35.0. The van der Waals surface area contributed by atoms with Crippen LogP contribution >= 0.6 is 0 Å². The van der Waals surface area contributed by atoms with Crippen LogP contribution in [0.4, 0.5) is 17.1 Å². The second kappa shape index (κ2) is 15.1. The number of benzene rings is 6. The second-order valence-electron chi connectivity index (χ2n) is 14.2. The number of hydrogen-bond acceptors (Lipinski definition) is 10. The average Bonchev–Trinajstić information content (AvgIpc) is 3.94. The van der Waals surface area contributed by atoms with Crippen LogP contribution in [0.2, 0.25) is 0 Å². The third-order valence-corrected chi connectivity index (χ3v) is 10.2. The molecular formula is C48H23N9O6. The predicted octanol–water partition coefficient (Wildman–Crippen LogP) is 9.23. The zero-order valence-electron chi connectivity index (χ0n) is 32.2. The van der Waals surface area contributed by atoms with Crippen molar-refractivity contribution in [3.63, 3.8) is 0 Å². The van der Waals surface area contributed by atoms with Gasteiger partial charge in [0.1, 0.15) is 22.6 Å². The van der Waals surface area contributed by atoms with Crippen LogP contribution < -0.4 is 0 Å². The maximum Gasteiger partial charge on any atom is 0.269 e. The number of aromatic amines is 2. The third-order valence-electron chi connectivity index (χ3n) is 10.2. The minimum absolute atomic E-state index is 0.0226. The Labute approximate surface area is 354 Å². The van der Waals surface area contributed by atoms with E-state index in [1.807, 2.05) is 54.6 Å². The van der Waals surface area contributed by atoms with Gasteiger partial charge in [0.25, 0.3) is 17.1 Å². The van der Waals surface area contributed by atoms with E-state index in [4.69, 9.17) is 19.9 Å². The smallest absolute Gasteiger partial charge is 0.269 e. The van der Waals surface area contributed by atoms with Gasteiger partial charge < -0.3 is 9.97 Å². The molecule has 0 saturated carbocycles. The summed E-state index contributed by atoms with van der Waals surface area (Å²) in [7, 11) is 0. The lowest BCUT2D eigenvalue weighted by molar-refractivity contribution is -0.385. The summed E-state index contributed by atoms with van der Waals surface area (Å²) >= 11 is 0. The van der Waals surface area contributed by atoms with Gasteiger partial charge in [-0.15, -0.1) is 0 Å². The second-order valence-corrected chi connectivity index (χ2v) is 14.2. The fraction of sp³-hybridized carbons (Fsp3) is 0. The van der Waals surface area contributed by atoms with E-state index in [0.29, 0.717) is 78.7 Å².